The van der Waals surface area contributed by atoms with Crippen LogP contribution in [0.4, 0.5) is 0 Å². The SMILES string of the molecule is CCCC(=O)N1CCC[C@@](Cc2cccc(-c3cccnc3)c2)(C(=O)NC(C)C)C1. The maximum atomic E-state index is 13.4. The number of carbonyl (C=O) groups is 2. The van der Waals surface area contributed by atoms with Gasteiger partial charge in [0.2, 0.25) is 11.8 Å². The summed E-state index contributed by atoms with van der Waals surface area (Å²) in [5.41, 5.74) is 2.66. The van der Waals surface area contributed by atoms with Gasteiger partial charge in [-0.1, -0.05) is 37.3 Å². The zero-order chi connectivity index (χ0) is 21.6. The first-order valence-electron chi connectivity index (χ1n) is 11.0. The molecule has 0 unspecified atom stereocenters. The summed E-state index contributed by atoms with van der Waals surface area (Å²) in [4.78, 5) is 32.1. The summed E-state index contributed by atoms with van der Waals surface area (Å²) >= 11 is 0. The first-order valence-corrected chi connectivity index (χ1v) is 11.0. The van der Waals surface area contributed by atoms with Crippen molar-refractivity contribution in [2.45, 2.75) is 58.9 Å². The Bertz CT molecular complexity index is 866. The minimum atomic E-state index is -0.598. The Morgan fingerprint density at radius 1 is 1.20 bits per heavy atom. The van der Waals surface area contributed by atoms with E-state index in [0.29, 0.717) is 19.4 Å². The molecule has 2 heterocycles. The highest BCUT2D eigenvalue weighted by atomic mass is 16.2. The average Bonchev–Trinajstić information content (AvgIpc) is 2.74. The zero-order valence-electron chi connectivity index (χ0n) is 18.4. The molecule has 2 aromatic rings. The van der Waals surface area contributed by atoms with Gasteiger partial charge in [0, 0.05) is 37.9 Å². The first-order chi connectivity index (χ1) is 14.4. The summed E-state index contributed by atoms with van der Waals surface area (Å²) in [7, 11) is 0. The van der Waals surface area contributed by atoms with E-state index in [4.69, 9.17) is 0 Å². The molecule has 1 fully saturated rings. The molecule has 0 aliphatic carbocycles. The van der Waals surface area contributed by atoms with Gasteiger partial charge < -0.3 is 10.2 Å². The van der Waals surface area contributed by atoms with Gasteiger partial charge in [0.05, 0.1) is 5.41 Å². The fourth-order valence-electron chi connectivity index (χ4n) is 4.33. The van der Waals surface area contributed by atoms with Gasteiger partial charge in [0.25, 0.3) is 0 Å². The van der Waals surface area contributed by atoms with Crippen LogP contribution in [0.2, 0.25) is 0 Å². The number of nitrogens with one attached hydrogen (secondary N) is 1. The Kier molecular flexibility index (Phi) is 7.24. The van der Waals surface area contributed by atoms with Crippen molar-refractivity contribution in [1.29, 1.82) is 0 Å². The topological polar surface area (TPSA) is 62.3 Å². The van der Waals surface area contributed by atoms with Gasteiger partial charge in [-0.2, -0.15) is 0 Å². The van der Waals surface area contributed by atoms with E-state index in [1.54, 1.807) is 6.20 Å². The van der Waals surface area contributed by atoms with Crippen molar-refractivity contribution in [3.8, 4) is 11.1 Å². The molecule has 0 radical (unpaired) electrons. The summed E-state index contributed by atoms with van der Waals surface area (Å²) < 4.78 is 0. The molecular weight excluding hydrogens is 374 g/mol. The van der Waals surface area contributed by atoms with Crippen LogP contribution < -0.4 is 5.32 Å². The van der Waals surface area contributed by atoms with Crippen LogP contribution >= 0.6 is 0 Å². The van der Waals surface area contributed by atoms with Gasteiger partial charge in [-0.3, -0.25) is 14.6 Å². The molecule has 0 bridgehead atoms. The molecule has 1 aliphatic rings. The normalized spacial score (nSPS) is 19.0. The third-order valence-corrected chi connectivity index (χ3v) is 5.76. The Labute approximate surface area is 179 Å². The van der Waals surface area contributed by atoms with Crippen molar-refractivity contribution in [1.82, 2.24) is 15.2 Å². The largest absolute Gasteiger partial charge is 0.353 e. The predicted octanol–water partition coefficient (Wildman–Crippen LogP) is 4.22. The monoisotopic (exact) mass is 407 g/mol. The lowest BCUT2D eigenvalue weighted by Gasteiger charge is -2.42. The Hall–Kier alpha value is -2.69. The highest BCUT2D eigenvalue weighted by molar-refractivity contribution is 5.85. The van der Waals surface area contributed by atoms with Crippen molar-refractivity contribution in [3.05, 3.63) is 54.4 Å². The number of pyridine rings is 1. The average molecular weight is 408 g/mol. The minimum Gasteiger partial charge on any atom is -0.353 e. The number of likely N-dealkylation sites (tertiary alicyclic amines) is 1. The zero-order valence-corrected chi connectivity index (χ0v) is 18.4. The second-order valence-electron chi connectivity index (χ2n) is 8.70. The third kappa shape index (κ3) is 5.26. The van der Waals surface area contributed by atoms with Gasteiger partial charge in [-0.25, -0.2) is 0 Å². The lowest BCUT2D eigenvalue weighted by Crippen LogP contribution is -2.55. The van der Waals surface area contributed by atoms with E-state index < -0.39 is 5.41 Å². The van der Waals surface area contributed by atoms with Gasteiger partial charge in [-0.05, 0) is 62.3 Å². The lowest BCUT2D eigenvalue weighted by molar-refractivity contribution is -0.142. The van der Waals surface area contributed by atoms with Crippen molar-refractivity contribution in [2.24, 2.45) is 5.41 Å². The number of amides is 2. The number of aromatic nitrogens is 1. The highest BCUT2D eigenvalue weighted by Crippen LogP contribution is 2.35. The van der Waals surface area contributed by atoms with E-state index in [1.807, 2.05) is 50.1 Å². The number of carbonyl (C=O) groups excluding carboxylic acids is 2. The molecule has 3 rings (SSSR count). The van der Waals surface area contributed by atoms with E-state index in [9.17, 15) is 9.59 Å². The van der Waals surface area contributed by atoms with Crippen LogP contribution in [-0.4, -0.2) is 40.8 Å². The summed E-state index contributed by atoms with van der Waals surface area (Å²) in [5.74, 6) is 0.210. The quantitative estimate of drug-likeness (QED) is 0.747. The fraction of sp³-hybridized carbons (Fsp3) is 0.480. The summed E-state index contributed by atoms with van der Waals surface area (Å²) in [5, 5.41) is 3.12. The molecule has 1 aromatic heterocycles. The molecular formula is C25H33N3O2. The van der Waals surface area contributed by atoms with Crippen LogP contribution in [0.3, 0.4) is 0 Å². The molecule has 1 aliphatic heterocycles. The molecule has 2 amide bonds. The minimum absolute atomic E-state index is 0.0540. The second kappa shape index (κ2) is 9.88. The van der Waals surface area contributed by atoms with Crippen molar-refractivity contribution in [3.63, 3.8) is 0 Å². The number of rotatable bonds is 7. The molecule has 1 atom stereocenters. The Balaban J connectivity index is 1.90. The van der Waals surface area contributed by atoms with E-state index in [1.165, 1.54) is 0 Å². The molecule has 0 spiro atoms. The molecule has 1 aromatic carbocycles. The highest BCUT2D eigenvalue weighted by Gasteiger charge is 2.43. The van der Waals surface area contributed by atoms with Gasteiger partial charge in [0.1, 0.15) is 0 Å². The molecule has 160 valence electrons. The van der Waals surface area contributed by atoms with Crippen LogP contribution in [0.1, 0.15) is 52.0 Å². The van der Waals surface area contributed by atoms with Crippen molar-refractivity contribution < 1.29 is 9.59 Å². The molecule has 1 N–H and O–H groups in total. The van der Waals surface area contributed by atoms with Crippen LogP contribution in [0, 0.1) is 5.41 Å². The lowest BCUT2D eigenvalue weighted by atomic mass is 9.73. The fourth-order valence-corrected chi connectivity index (χ4v) is 4.33. The van der Waals surface area contributed by atoms with Gasteiger partial charge >= 0.3 is 0 Å². The van der Waals surface area contributed by atoms with Gasteiger partial charge in [0.15, 0.2) is 0 Å². The maximum Gasteiger partial charge on any atom is 0.228 e. The molecule has 30 heavy (non-hydrogen) atoms. The molecule has 5 nitrogen and oxygen atoms in total. The van der Waals surface area contributed by atoms with Crippen LogP contribution in [0.25, 0.3) is 11.1 Å². The van der Waals surface area contributed by atoms with E-state index in [-0.39, 0.29) is 17.9 Å². The van der Waals surface area contributed by atoms with E-state index in [0.717, 1.165) is 42.5 Å². The summed E-state index contributed by atoms with van der Waals surface area (Å²) in [6.45, 7) is 7.21. The molecule has 1 saturated heterocycles. The van der Waals surface area contributed by atoms with Crippen LogP contribution in [-0.2, 0) is 16.0 Å². The van der Waals surface area contributed by atoms with E-state index in [2.05, 4.69) is 28.5 Å². The number of hydrogen-bond donors (Lipinski definition) is 1. The second-order valence-corrected chi connectivity index (χ2v) is 8.70. The van der Waals surface area contributed by atoms with Crippen molar-refractivity contribution in [2.75, 3.05) is 13.1 Å². The Morgan fingerprint density at radius 3 is 2.70 bits per heavy atom. The van der Waals surface area contributed by atoms with Gasteiger partial charge in [-0.15, -0.1) is 0 Å². The number of nitrogens with zero attached hydrogens (tertiary/aromatic N) is 2. The number of piperidine rings is 1. The predicted molar refractivity (Wildman–Crippen MR) is 120 cm³/mol. The third-order valence-electron chi connectivity index (χ3n) is 5.76. The first kappa shape index (κ1) is 22.0. The van der Waals surface area contributed by atoms with E-state index >= 15 is 0 Å². The standard InChI is InChI=1S/C25H33N3O2/c1-4-8-23(29)28-14-7-12-25(18-28,24(30)27-19(2)3)16-20-9-5-10-21(15-20)22-11-6-13-26-17-22/h5-6,9-11,13,15,17,19H,4,7-8,12,14,16,18H2,1-3H3,(H,27,30)/t25-/m0/s1. The number of benzene rings is 1. The molecule has 5 heteroatoms. The Morgan fingerprint density at radius 2 is 2.00 bits per heavy atom. The number of hydrogen-bond acceptors (Lipinski definition) is 3. The van der Waals surface area contributed by atoms with Crippen LogP contribution in [0.15, 0.2) is 48.8 Å². The summed E-state index contributed by atoms with van der Waals surface area (Å²) in [6.07, 6.45) is 7.25. The smallest absolute Gasteiger partial charge is 0.228 e. The maximum absolute atomic E-state index is 13.4. The van der Waals surface area contributed by atoms with Crippen molar-refractivity contribution >= 4 is 11.8 Å². The molecule has 0 saturated carbocycles. The van der Waals surface area contributed by atoms with Crippen LogP contribution in [0.5, 0.6) is 0 Å². The summed E-state index contributed by atoms with van der Waals surface area (Å²) in [6, 6.07) is 12.4.